The molecule has 3 nitrogen and oxygen atoms in total. The Morgan fingerprint density at radius 2 is 2.00 bits per heavy atom. The summed E-state index contributed by atoms with van der Waals surface area (Å²) in [5, 5.41) is 3.23. The van der Waals surface area contributed by atoms with Gasteiger partial charge in [0.05, 0.1) is 11.3 Å². The summed E-state index contributed by atoms with van der Waals surface area (Å²) in [6, 6.07) is 2.34. The first-order chi connectivity index (χ1) is 8.88. The summed E-state index contributed by atoms with van der Waals surface area (Å²) in [5.74, 6) is 0.289. The zero-order chi connectivity index (χ0) is 13.7. The van der Waals surface area contributed by atoms with E-state index in [0.717, 1.165) is 32.0 Å². The third-order valence-corrected chi connectivity index (χ3v) is 3.97. The highest BCUT2D eigenvalue weighted by Crippen LogP contribution is 2.45. The van der Waals surface area contributed by atoms with Crippen LogP contribution in [-0.4, -0.2) is 24.2 Å². The number of nitrogens with zero attached hydrogens (tertiary/aromatic N) is 1. The van der Waals surface area contributed by atoms with Crippen LogP contribution in [0.3, 0.4) is 0 Å². The molecule has 2 heterocycles. The lowest BCUT2D eigenvalue weighted by atomic mass is 9.63. The molecule has 1 aromatic heterocycles. The standard InChI is InChI=1S/C13H15F3N2O/c1-8-10(13(14,15)16)2-3-11(18-8)19-9-4-12(5-9)6-17-7-12/h2-3,9,17H,4-7H2,1H3. The smallest absolute Gasteiger partial charge is 0.418 e. The molecular formula is C13H15F3N2O. The predicted octanol–water partition coefficient (Wildman–Crippen LogP) is 2.54. The molecule has 19 heavy (non-hydrogen) atoms. The van der Waals surface area contributed by atoms with Gasteiger partial charge in [0.25, 0.3) is 0 Å². The number of nitrogens with one attached hydrogen (secondary N) is 1. The molecule has 1 saturated heterocycles. The summed E-state index contributed by atoms with van der Waals surface area (Å²) in [5.41, 5.74) is -0.358. The summed E-state index contributed by atoms with van der Waals surface area (Å²) < 4.78 is 43.4. The second-order valence-electron chi connectivity index (χ2n) is 5.53. The third kappa shape index (κ3) is 2.29. The molecule has 1 aliphatic heterocycles. The molecular weight excluding hydrogens is 257 g/mol. The van der Waals surface area contributed by atoms with Crippen LogP contribution in [0.15, 0.2) is 12.1 Å². The number of hydrogen-bond acceptors (Lipinski definition) is 3. The van der Waals surface area contributed by atoms with Crippen molar-refractivity contribution in [2.75, 3.05) is 13.1 Å². The van der Waals surface area contributed by atoms with Crippen LogP contribution in [0.4, 0.5) is 13.2 Å². The molecule has 1 spiro atoms. The summed E-state index contributed by atoms with van der Waals surface area (Å²) in [4.78, 5) is 3.90. The zero-order valence-corrected chi connectivity index (χ0v) is 10.5. The van der Waals surface area contributed by atoms with Gasteiger partial charge in [-0.25, -0.2) is 4.98 Å². The predicted molar refractivity (Wildman–Crippen MR) is 62.9 cm³/mol. The quantitative estimate of drug-likeness (QED) is 0.898. The minimum Gasteiger partial charge on any atom is -0.474 e. The number of ether oxygens (including phenoxy) is 1. The Hall–Kier alpha value is -1.30. The zero-order valence-electron chi connectivity index (χ0n) is 10.5. The molecule has 0 bridgehead atoms. The van der Waals surface area contributed by atoms with Gasteiger partial charge in [-0.2, -0.15) is 13.2 Å². The van der Waals surface area contributed by atoms with Gasteiger partial charge in [-0.15, -0.1) is 0 Å². The molecule has 1 N–H and O–H groups in total. The maximum atomic E-state index is 12.6. The minimum absolute atomic E-state index is 0.0376. The molecule has 104 valence electrons. The third-order valence-electron chi connectivity index (χ3n) is 3.97. The molecule has 1 saturated carbocycles. The average Bonchev–Trinajstić information content (AvgIpc) is 2.18. The Balaban J connectivity index is 1.65. The Morgan fingerprint density at radius 3 is 2.47 bits per heavy atom. The van der Waals surface area contributed by atoms with Crippen molar-refractivity contribution in [1.82, 2.24) is 10.3 Å². The SMILES string of the molecule is Cc1nc(OC2CC3(CNC3)C2)ccc1C(F)(F)F. The monoisotopic (exact) mass is 272 g/mol. The number of halogens is 3. The van der Waals surface area contributed by atoms with E-state index in [9.17, 15) is 13.2 Å². The highest BCUT2D eigenvalue weighted by molar-refractivity contribution is 5.27. The van der Waals surface area contributed by atoms with E-state index >= 15 is 0 Å². The Bertz CT molecular complexity index is 489. The van der Waals surface area contributed by atoms with E-state index in [1.165, 1.54) is 13.0 Å². The fraction of sp³-hybridized carbons (Fsp3) is 0.615. The van der Waals surface area contributed by atoms with Gasteiger partial charge >= 0.3 is 6.18 Å². The number of hydrogen-bond donors (Lipinski definition) is 1. The summed E-state index contributed by atoms with van der Waals surface area (Å²) in [7, 11) is 0. The fourth-order valence-corrected chi connectivity index (χ4v) is 2.83. The van der Waals surface area contributed by atoms with Gasteiger partial charge in [0.2, 0.25) is 5.88 Å². The molecule has 3 rings (SSSR count). The number of pyridine rings is 1. The highest BCUT2D eigenvalue weighted by atomic mass is 19.4. The molecule has 1 aromatic rings. The lowest BCUT2D eigenvalue weighted by molar-refractivity contribution is -0.138. The normalized spacial score (nSPS) is 21.9. The topological polar surface area (TPSA) is 34.1 Å². The molecule has 0 atom stereocenters. The molecule has 0 unspecified atom stereocenters. The van der Waals surface area contributed by atoms with E-state index in [2.05, 4.69) is 10.3 Å². The second-order valence-corrected chi connectivity index (χ2v) is 5.53. The van der Waals surface area contributed by atoms with Gasteiger partial charge in [-0.1, -0.05) is 0 Å². The van der Waals surface area contributed by atoms with Gasteiger partial charge in [0.1, 0.15) is 6.10 Å². The molecule has 0 radical (unpaired) electrons. The number of aryl methyl sites for hydroxylation is 1. The molecule has 6 heteroatoms. The number of rotatable bonds is 2. The van der Waals surface area contributed by atoms with Crippen LogP contribution >= 0.6 is 0 Å². The summed E-state index contributed by atoms with van der Waals surface area (Å²) in [6.45, 7) is 3.40. The Morgan fingerprint density at radius 1 is 1.32 bits per heavy atom. The number of alkyl halides is 3. The van der Waals surface area contributed by atoms with Crippen LogP contribution in [-0.2, 0) is 6.18 Å². The summed E-state index contributed by atoms with van der Waals surface area (Å²) in [6.07, 6.45) is -2.34. The van der Waals surface area contributed by atoms with E-state index in [1.54, 1.807) is 0 Å². The van der Waals surface area contributed by atoms with Crippen LogP contribution in [0.5, 0.6) is 5.88 Å². The van der Waals surface area contributed by atoms with Crippen molar-refractivity contribution in [2.45, 2.75) is 32.0 Å². The van der Waals surface area contributed by atoms with Crippen LogP contribution in [0.2, 0.25) is 0 Å². The largest absolute Gasteiger partial charge is 0.474 e. The minimum atomic E-state index is -4.35. The highest BCUT2D eigenvalue weighted by Gasteiger charge is 2.49. The molecule has 2 aliphatic rings. The van der Waals surface area contributed by atoms with Crippen LogP contribution in [0.1, 0.15) is 24.1 Å². The van der Waals surface area contributed by atoms with Crippen molar-refractivity contribution in [3.05, 3.63) is 23.4 Å². The Labute approximate surface area is 109 Å². The Kier molecular flexibility index (Phi) is 2.74. The maximum Gasteiger partial charge on any atom is 0.418 e. The van der Waals surface area contributed by atoms with Crippen molar-refractivity contribution in [3.63, 3.8) is 0 Å². The van der Waals surface area contributed by atoms with Gasteiger partial charge in [-0.3, -0.25) is 0 Å². The van der Waals surface area contributed by atoms with Gasteiger partial charge in [-0.05, 0) is 25.8 Å². The molecule has 0 amide bonds. The molecule has 0 aromatic carbocycles. The number of aromatic nitrogens is 1. The average molecular weight is 272 g/mol. The first-order valence-corrected chi connectivity index (χ1v) is 6.30. The van der Waals surface area contributed by atoms with Crippen LogP contribution in [0, 0.1) is 12.3 Å². The molecule has 2 fully saturated rings. The van der Waals surface area contributed by atoms with Crippen molar-refractivity contribution in [3.8, 4) is 5.88 Å². The van der Waals surface area contributed by atoms with E-state index in [4.69, 9.17) is 4.74 Å². The van der Waals surface area contributed by atoms with E-state index in [1.807, 2.05) is 0 Å². The fourth-order valence-electron chi connectivity index (χ4n) is 2.83. The van der Waals surface area contributed by atoms with Gasteiger partial charge < -0.3 is 10.1 Å². The maximum absolute atomic E-state index is 12.6. The van der Waals surface area contributed by atoms with E-state index in [0.29, 0.717) is 5.41 Å². The van der Waals surface area contributed by atoms with Crippen molar-refractivity contribution < 1.29 is 17.9 Å². The summed E-state index contributed by atoms with van der Waals surface area (Å²) >= 11 is 0. The first-order valence-electron chi connectivity index (χ1n) is 6.30. The second kappa shape index (κ2) is 4.10. The lowest BCUT2D eigenvalue weighted by Crippen LogP contribution is -2.62. The van der Waals surface area contributed by atoms with E-state index < -0.39 is 11.7 Å². The van der Waals surface area contributed by atoms with Crippen molar-refractivity contribution >= 4 is 0 Å². The van der Waals surface area contributed by atoms with Gasteiger partial charge in [0, 0.05) is 24.6 Å². The van der Waals surface area contributed by atoms with Crippen LogP contribution < -0.4 is 10.1 Å². The van der Waals surface area contributed by atoms with Crippen molar-refractivity contribution in [1.29, 1.82) is 0 Å². The lowest BCUT2D eigenvalue weighted by Gasteiger charge is -2.53. The van der Waals surface area contributed by atoms with Crippen LogP contribution in [0.25, 0.3) is 0 Å². The molecule has 1 aliphatic carbocycles. The first kappa shape index (κ1) is 12.7. The van der Waals surface area contributed by atoms with Gasteiger partial charge in [0.15, 0.2) is 0 Å². The van der Waals surface area contributed by atoms with Crippen molar-refractivity contribution in [2.24, 2.45) is 5.41 Å². The van der Waals surface area contributed by atoms with E-state index in [-0.39, 0.29) is 17.7 Å².